The number of ether oxygens (including phenoxy) is 3. The van der Waals surface area contributed by atoms with Crippen LogP contribution in [-0.2, 0) is 27.8 Å². The van der Waals surface area contributed by atoms with Crippen LogP contribution in [0.2, 0.25) is 15.1 Å². The number of amides is 1. The largest absolute Gasteiger partial charge is 0.489 e. The van der Waals surface area contributed by atoms with E-state index in [2.05, 4.69) is 4.72 Å². The van der Waals surface area contributed by atoms with Gasteiger partial charge in [0.15, 0.2) is 11.5 Å². The van der Waals surface area contributed by atoms with Crippen molar-refractivity contribution >= 4 is 50.7 Å². The molecule has 1 aliphatic heterocycles. The zero-order chi connectivity index (χ0) is 25.6. The van der Waals surface area contributed by atoms with E-state index in [0.29, 0.717) is 43.4 Å². The average Bonchev–Trinajstić information content (AvgIpc) is 3.40. The van der Waals surface area contributed by atoms with Crippen molar-refractivity contribution in [3.8, 4) is 17.2 Å². The minimum absolute atomic E-state index is 0.0739. The van der Waals surface area contributed by atoms with Crippen LogP contribution in [0.25, 0.3) is 0 Å². The lowest BCUT2D eigenvalue weighted by atomic mass is 9.85. The molecular formula is C25H20Cl3NO6S. The zero-order valence-electron chi connectivity index (χ0n) is 18.9. The molecule has 0 spiro atoms. The van der Waals surface area contributed by atoms with Crippen LogP contribution in [0.5, 0.6) is 17.2 Å². The van der Waals surface area contributed by atoms with Crippen molar-refractivity contribution in [2.75, 3.05) is 13.0 Å². The van der Waals surface area contributed by atoms with E-state index in [-0.39, 0.29) is 19.8 Å². The summed E-state index contributed by atoms with van der Waals surface area (Å²) in [6, 6.07) is 14.1. The fourth-order valence-corrected chi connectivity index (χ4v) is 5.90. The smallest absolute Gasteiger partial charge is 0.237 e. The molecule has 1 aliphatic carbocycles. The molecule has 0 aromatic heterocycles. The molecule has 1 amide bonds. The lowest BCUT2D eigenvalue weighted by Gasteiger charge is -2.22. The fraction of sp³-hybridized carbons (Fsp3) is 0.240. The lowest BCUT2D eigenvalue weighted by Crippen LogP contribution is -2.36. The van der Waals surface area contributed by atoms with Gasteiger partial charge in [-0.2, -0.15) is 0 Å². The molecule has 11 heteroatoms. The van der Waals surface area contributed by atoms with E-state index in [9.17, 15) is 13.2 Å². The number of sulfonamides is 1. The number of benzene rings is 3. The summed E-state index contributed by atoms with van der Waals surface area (Å²) in [5, 5.41) is 1.39. The second-order valence-electron chi connectivity index (χ2n) is 8.60. The van der Waals surface area contributed by atoms with Gasteiger partial charge < -0.3 is 14.2 Å². The standard InChI is InChI=1S/C25H20Cl3NO6S/c1-36(31,32)29-25(30)17-8-13-7-14(33-11-18-19(26)3-2-4-20(18)27)5-6-15(13)24(17)16-9-22-23(10-21(16)28)35-12-34-22/h2-7,9-10,17,24H,8,11-12H2,1H3,(H,29,30). The number of hydrogen-bond donors (Lipinski definition) is 1. The van der Waals surface area contributed by atoms with E-state index in [1.54, 1.807) is 36.4 Å². The van der Waals surface area contributed by atoms with Gasteiger partial charge >= 0.3 is 0 Å². The maximum atomic E-state index is 13.1. The first-order chi connectivity index (χ1) is 17.1. The molecule has 0 radical (unpaired) electrons. The maximum Gasteiger partial charge on any atom is 0.237 e. The molecule has 5 rings (SSSR count). The van der Waals surface area contributed by atoms with Crippen LogP contribution in [0, 0.1) is 5.92 Å². The molecule has 1 heterocycles. The number of rotatable bonds is 6. The van der Waals surface area contributed by atoms with Gasteiger partial charge in [-0.15, -0.1) is 0 Å². The second kappa shape index (κ2) is 9.67. The number of hydrogen-bond acceptors (Lipinski definition) is 6. The summed E-state index contributed by atoms with van der Waals surface area (Å²) < 4.78 is 42.6. The van der Waals surface area contributed by atoms with Gasteiger partial charge in [0.2, 0.25) is 22.7 Å². The molecule has 2 unspecified atom stereocenters. The number of nitrogens with one attached hydrogen (secondary N) is 1. The summed E-state index contributed by atoms with van der Waals surface area (Å²) in [5.41, 5.74) is 2.99. The van der Waals surface area contributed by atoms with Crippen LogP contribution in [0.3, 0.4) is 0 Å². The van der Waals surface area contributed by atoms with Crippen LogP contribution >= 0.6 is 34.8 Å². The van der Waals surface area contributed by atoms with E-state index in [0.717, 1.165) is 17.4 Å². The first-order valence-corrected chi connectivity index (χ1v) is 13.9. The molecule has 1 N–H and O–H groups in total. The number of fused-ring (bicyclic) bond motifs is 2. The lowest BCUT2D eigenvalue weighted by molar-refractivity contribution is -0.123. The minimum Gasteiger partial charge on any atom is -0.489 e. The van der Waals surface area contributed by atoms with Gasteiger partial charge in [-0.05, 0) is 53.4 Å². The van der Waals surface area contributed by atoms with Gasteiger partial charge in [0.05, 0.1) is 12.2 Å². The van der Waals surface area contributed by atoms with E-state index < -0.39 is 27.8 Å². The first kappa shape index (κ1) is 25.0. The minimum atomic E-state index is -3.76. The van der Waals surface area contributed by atoms with E-state index in [4.69, 9.17) is 49.0 Å². The predicted octanol–water partition coefficient (Wildman–Crippen LogP) is 5.33. The zero-order valence-corrected chi connectivity index (χ0v) is 22.0. The summed E-state index contributed by atoms with van der Waals surface area (Å²) in [5.74, 6) is -0.248. The van der Waals surface area contributed by atoms with Gasteiger partial charge in [-0.3, -0.25) is 9.52 Å². The van der Waals surface area contributed by atoms with E-state index in [1.165, 1.54) is 0 Å². The van der Waals surface area contributed by atoms with Crippen molar-refractivity contribution in [2.24, 2.45) is 5.92 Å². The van der Waals surface area contributed by atoms with Crippen molar-refractivity contribution in [3.63, 3.8) is 0 Å². The fourth-order valence-electron chi connectivity index (χ4n) is 4.61. The molecule has 3 aromatic rings. The molecule has 2 aliphatic rings. The normalized spacial score (nSPS) is 18.1. The highest BCUT2D eigenvalue weighted by Gasteiger charge is 2.41. The molecule has 7 nitrogen and oxygen atoms in total. The Morgan fingerprint density at radius 3 is 2.39 bits per heavy atom. The van der Waals surface area contributed by atoms with Crippen LogP contribution in [0.1, 0.15) is 28.2 Å². The Balaban J connectivity index is 1.50. The molecule has 2 atom stereocenters. The topological polar surface area (TPSA) is 90.9 Å². The molecule has 0 bridgehead atoms. The maximum absolute atomic E-state index is 13.1. The molecule has 0 saturated heterocycles. The summed E-state index contributed by atoms with van der Waals surface area (Å²) in [6.45, 7) is 0.233. The Bertz CT molecular complexity index is 1460. The van der Waals surface area contributed by atoms with Crippen molar-refractivity contribution < 1.29 is 27.4 Å². The third kappa shape index (κ3) is 4.95. The Morgan fingerprint density at radius 2 is 1.69 bits per heavy atom. The highest BCUT2D eigenvalue weighted by molar-refractivity contribution is 7.89. The monoisotopic (exact) mass is 567 g/mol. The third-order valence-electron chi connectivity index (χ3n) is 6.19. The quantitative estimate of drug-likeness (QED) is 0.432. The Kier molecular flexibility index (Phi) is 6.72. The Morgan fingerprint density at radius 1 is 1.00 bits per heavy atom. The molecule has 188 valence electrons. The Hall–Kier alpha value is -2.65. The van der Waals surface area contributed by atoms with Crippen LogP contribution in [-0.4, -0.2) is 27.4 Å². The molecular weight excluding hydrogens is 549 g/mol. The predicted molar refractivity (Wildman–Crippen MR) is 137 cm³/mol. The van der Waals surface area contributed by atoms with Gasteiger partial charge in [0, 0.05) is 32.6 Å². The van der Waals surface area contributed by atoms with Gasteiger partial charge in [-0.1, -0.05) is 46.9 Å². The molecule has 0 fully saturated rings. The number of halogens is 3. The van der Waals surface area contributed by atoms with Crippen molar-refractivity contribution in [1.82, 2.24) is 4.72 Å². The second-order valence-corrected chi connectivity index (χ2v) is 11.6. The van der Waals surface area contributed by atoms with Gasteiger partial charge in [0.1, 0.15) is 12.4 Å². The summed E-state index contributed by atoms with van der Waals surface area (Å²) in [4.78, 5) is 13.1. The van der Waals surface area contributed by atoms with Crippen LogP contribution in [0.15, 0.2) is 48.5 Å². The highest BCUT2D eigenvalue weighted by Crippen LogP contribution is 2.49. The molecule has 0 saturated carbocycles. The Labute approximate surface area is 223 Å². The van der Waals surface area contributed by atoms with Crippen LogP contribution < -0.4 is 18.9 Å². The van der Waals surface area contributed by atoms with Crippen molar-refractivity contribution in [1.29, 1.82) is 0 Å². The number of carbonyl (C=O) groups excluding carboxylic acids is 1. The van der Waals surface area contributed by atoms with Crippen molar-refractivity contribution in [3.05, 3.63) is 85.9 Å². The molecule has 36 heavy (non-hydrogen) atoms. The summed E-state index contributed by atoms with van der Waals surface area (Å²) >= 11 is 19.1. The number of carbonyl (C=O) groups is 1. The molecule has 3 aromatic carbocycles. The first-order valence-electron chi connectivity index (χ1n) is 10.9. The van der Waals surface area contributed by atoms with Crippen molar-refractivity contribution in [2.45, 2.75) is 18.9 Å². The van der Waals surface area contributed by atoms with Gasteiger partial charge in [0.25, 0.3) is 0 Å². The van der Waals surface area contributed by atoms with E-state index in [1.807, 2.05) is 12.1 Å². The highest BCUT2D eigenvalue weighted by atomic mass is 35.5. The average molecular weight is 569 g/mol. The van der Waals surface area contributed by atoms with E-state index >= 15 is 0 Å². The SMILES string of the molecule is CS(=O)(=O)NC(=O)C1Cc2cc(OCc3c(Cl)cccc3Cl)ccc2C1c1cc2c(cc1Cl)OCO2. The summed E-state index contributed by atoms with van der Waals surface area (Å²) in [7, 11) is -3.76. The third-order valence-corrected chi connectivity index (χ3v) is 7.79. The summed E-state index contributed by atoms with van der Waals surface area (Å²) in [6.07, 6.45) is 1.23. The van der Waals surface area contributed by atoms with Gasteiger partial charge in [-0.25, -0.2) is 8.42 Å². The van der Waals surface area contributed by atoms with Crippen LogP contribution in [0.4, 0.5) is 0 Å².